The zero-order chi connectivity index (χ0) is 36.0. The van der Waals surface area contributed by atoms with Crippen LogP contribution >= 0.6 is 11.8 Å². The van der Waals surface area contributed by atoms with Crippen molar-refractivity contribution in [3.05, 3.63) is 194 Å². The number of benzene rings is 9. The molecule has 0 amide bonds. The van der Waals surface area contributed by atoms with Gasteiger partial charge in [-0.3, -0.25) is 0 Å². The summed E-state index contributed by atoms with van der Waals surface area (Å²) in [6.45, 7) is 0. The molecule has 0 unspecified atom stereocenters. The number of fused-ring (bicyclic) bond motifs is 9. The summed E-state index contributed by atoms with van der Waals surface area (Å²) in [6, 6.07) is 71.4. The molecular formula is C52H32N2S. The number of nitrogens with zero attached hydrogens (tertiary/aromatic N) is 2. The summed E-state index contributed by atoms with van der Waals surface area (Å²) in [5.41, 5.74) is 14.6. The predicted molar refractivity (Wildman–Crippen MR) is 233 cm³/mol. The molecule has 0 spiro atoms. The van der Waals surface area contributed by atoms with E-state index in [1.54, 1.807) is 0 Å². The van der Waals surface area contributed by atoms with Crippen LogP contribution in [0.2, 0.25) is 0 Å². The Kier molecular flexibility index (Phi) is 6.60. The van der Waals surface area contributed by atoms with Gasteiger partial charge in [-0.1, -0.05) is 139 Å². The predicted octanol–water partition coefficient (Wildman–Crippen LogP) is 14.5. The average Bonchev–Trinajstić information content (AvgIpc) is 3.76. The van der Waals surface area contributed by atoms with Crippen LogP contribution in [0.25, 0.3) is 99.1 Å². The summed E-state index contributed by atoms with van der Waals surface area (Å²) in [7, 11) is 0. The van der Waals surface area contributed by atoms with Crippen molar-refractivity contribution in [1.82, 2.24) is 9.13 Å². The van der Waals surface area contributed by atoms with Gasteiger partial charge in [0.15, 0.2) is 0 Å². The molecule has 256 valence electrons. The number of hydrogen-bond acceptors (Lipinski definition) is 1. The minimum Gasteiger partial charge on any atom is -0.309 e. The van der Waals surface area contributed by atoms with E-state index in [1.807, 2.05) is 11.8 Å². The lowest BCUT2D eigenvalue weighted by molar-refractivity contribution is 1.18. The molecule has 3 heterocycles. The molecule has 9 aromatic carbocycles. The fourth-order valence-electron chi connectivity index (χ4n) is 9.05. The fraction of sp³-hybridized carbons (Fsp3) is 0. The van der Waals surface area contributed by atoms with Crippen molar-refractivity contribution in [3.8, 4) is 44.8 Å². The summed E-state index contributed by atoms with van der Waals surface area (Å²) in [4.78, 5) is 2.63. The molecule has 0 bridgehead atoms. The van der Waals surface area contributed by atoms with Crippen LogP contribution in [0.5, 0.6) is 0 Å². The molecule has 0 radical (unpaired) electrons. The van der Waals surface area contributed by atoms with Crippen LogP contribution in [0, 0.1) is 0 Å². The van der Waals surface area contributed by atoms with Gasteiger partial charge in [0.05, 0.1) is 22.1 Å². The van der Waals surface area contributed by atoms with E-state index in [0.29, 0.717) is 0 Å². The summed E-state index contributed by atoms with van der Waals surface area (Å²) in [5.74, 6) is 0. The largest absolute Gasteiger partial charge is 0.309 e. The first-order chi connectivity index (χ1) is 27.3. The van der Waals surface area contributed by atoms with Gasteiger partial charge in [-0.15, -0.1) is 0 Å². The van der Waals surface area contributed by atoms with Crippen molar-refractivity contribution < 1.29 is 0 Å². The van der Waals surface area contributed by atoms with Gasteiger partial charge in [0.2, 0.25) is 0 Å². The number of aromatic nitrogens is 2. The van der Waals surface area contributed by atoms with Crippen LogP contribution in [-0.4, -0.2) is 9.13 Å². The van der Waals surface area contributed by atoms with E-state index >= 15 is 0 Å². The number of hydrogen-bond donors (Lipinski definition) is 0. The maximum atomic E-state index is 2.46. The van der Waals surface area contributed by atoms with Crippen molar-refractivity contribution in [3.63, 3.8) is 0 Å². The SMILES string of the molecule is c1ccc(-c2ccc(-n3c4ccccc4c4ccc(-c5ccc6c(c5)c5c7cccc8c7c(cc5n6-c5ccccc5)-c5ccccc5S8)cc43)cc2)cc1. The molecule has 0 atom stereocenters. The van der Waals surface area contributed by atoms with Crippen LogP contribution in [0.1, 0.15) is 0 Å². The molecule has 0 aliphatic carbocycles. The smallest absolute Gasteiger partial charge is 0.0553 e. The highest BCUT2D eigenvalue weighted by atomic mass is 32.2. The molecule has 2 nitrogen and oxygen atoms in total. The van der Waals surface area contributed by atoms with Gasteiger partial charge in [-0.25, -0.2) is 0 Å². The highest BCUT2D eigenvalue weighted by molar-refractivity contribution is 7.99. The zero-order valence-corrected chi connectivity index (χ0v) is 30.6. The summed E-state index contributed by atoms with van der Waals surface area (Å²) < 4.78 is 4.88. The standard InChI is InChI=1S/C52H32N2S/c1-3-12-33(13-4-1)34-22-26-38(27-23-34)53-45-19-9-7-16-39(45)40-28-24-36(31-47(40)53)35-25-29-46-44(30-35)51-42-18-11-21-50-52(42)43(41-17-8-10-20-49(41)55-50)32-48(51)54(46)37-14-5-2-6-15-37/h1-32H. The Morgan fingerprint density at radius 2 is 0.891 bits per heavy atom. The normalized spacial score (nSPS) is 12.3. The van der Waals surface area contributed by atoms with Crippen LogP contribution < -0.4 is 0 Å². The second kappa shape index (κ2) is 11.8. The van der Waals surface area contributed by atoms with Crippen molar-refractivity contribution in [1.29, 1.82) is 0 Å². The number of para-hydroxylation sites is 2. The Balaban J connectivity index is 1.10. The molecule has 1 aliphatic rings. The lowest BCUT2D eigenvalue weighted by Gasteiger charge is -2.21. The van der Waals surface area contributed by atoms with E-state index in [9.17, 15) is 0 Å². The van der Waals surface area contributed by atoms with Crippen LogP contribution in [0.4, 0.5) is 0 Å². The highest BCUT2D eigenvalue weighted by Gasteiger charge is 2.24. The quantitative estimate of drug-likeness (QED) is 0.176. The van der Waals surface area contributed by atoms with Gasteiger partial charge in [0, 0.05) is 48.1 Å². The molecule has 0 N–H and O–H groups in total. The molecule has 0 fully saturated rings. The Morgan fingerprint density at radius 3 is 1.76 bits per heavy atom. The molecule has 11 aromatic rings. The maximum Gasteiger partial charge on any atom is 0.0553 e. The van der Waals surface area contributed by atoms with E-state index < -0.39 is 0 Å². The lowest BCUT2D eigenvalue weighted by Crippen LogP contribution is -1.96. The van der Waals surface area contributed by atoms with Gasteiger partial charge in [-0.2, -0.15) is 0 Å². The highest BCUT2D eigenvalue weighted by Crippen LogP contribution is 2.51. The Labute approximate surface area is 322 Å². The monoisotopic (exact) mass is 716 g/mol. The van der Waals surface area contributed by atoms with Crippen molar-refractivity contribution >= 4 is 66.1 Å². The van der Waals surface area contributed by atoms with Crippen molar-refractivity contribution in [2.45, 2.75) is 9.79 Å². The Hall–Kier alpha value is -6.81. The van der Waals surface area contributed by atoms with E-state index in [4.69, 9.17) is 0 Å². The maximum absolute atomic E-state index is 2.46. The Morgan fingerprint density at radius 1 is 0.291 bits per heavy atom. The minimum atomic E-state index is 1.16. The first kappa shape index (κ1) is 30.6. The van der Waals surface area contributed by atoms with Crippen LogP contribution in [-0.2, 0) is 0 Å². The number of rotatable bonds is 4. The zero-order valence-electron chi connectivity index (χ0n) is 29.8. The molecule has 3 heteroatoms. The Bertz CT molecular complexity index is 3320. The van der Waals surface area contributed by atoms with Crippen molar-refractivity contribution in [2.75, 3.05) is 0 Å². The second-order valence-corrected chi connectivity index (χ2v) is 15.6. The van der Waals surface area contributed by atoms with Crippen molar-refractivity contribution in [2.24, 2.45) is 0 Å². The second-order valence-electron chi connectivity index (χ2n) is 14.5. The van der Waals surface area contributed by atoms with Crippen LogP contribution in [0.15, 0.2) is 204 Å². The third kappa shape index (κ3) is 4.57. The molecule has 1 aliphatic heterocycles. The summed E-state index contributed by atoms with van der Waals surface area (Å²) in [6.07, 6.45) is 0. The summed E-state index contributed by atoms with van der Waals surface area (Å²) >= 11 is 1.88. The van der Waals surface area contributed by atoms with Gasteiger partial charge in [0.1, 0.15) is 0 Å². The van der Waals surface area contributed by atoms with Gasteiger partial charge < -0.3 is 9.13 Å². The molecule has 0 saturated carbocycles. The topological polar surface area (TPSA) is 9.86 Å². The molecule has 12 rings (SSSR count). The average molecular weight is 717 g/mol. The van der Waals surface area contributed by atoms with Gasteiger partial charge in [0.25, 0.3) is 0 Å². The fourth-order valence-corrected chi connectivity index (χ4v) is 10.2. The first-order valence-corrected chi connectivity index (χ1v) is 19.7. The molecular weight excluding hydrogens is 685 g/mol. The van der Waals surface area contributed by atoms with E-state index in [2.05, 4.69) is 203 Å². The molecule has 2 aromatic heterocycles. The molecule has 0 saturated heterocycles. The third-order valence-electron chi connectivity index (χ3n) is 11.5. The van der Waals surface area contributed by atoms with E-state index in [0.717, 1.165) is 5.69 Å². The van der Waals surface area contributed by atoms with E-state index in [1.165, 1.54) is 103 Å². The van der Waals surface area contributed by atoms with Gasteiger partial charge in [-0.05, 0) is 105 Å². The molecule has 55 heavy (non-hydrogen) atoms. The first-order valence-electron chi connectivity index (χ1n) is 18.8. The van der Waals surface area contributed by atoms with E-state index in [-0.39, 0.29) is 0 Å². The minimum absolute atomic E-state index is 1.16. The third-order valence-corrected chi connectivity index (χ3v) is 12.6. The van der Waals surface area contributed by atoms with Crippen LogP contribution in [0.3, 0.4) is 0 Å². The van der Waals surface area contributed by atoms with Gasteiger partial charge >= 0.3 is 0 Å². The lowest BCUT2D eigenvalue weighted by atomic mass is 9.93. The summed E-state index contributed by atoms with van der Waals surface area (Å²) in [5, 5.41) is 7.73.